The van der Waals surface area contributed by atoms with E-state index in [0.29, 0.717) is 10.6 Å². The molecule has 0 amide bonds. The second-order valence-electron chi connectivity index (χ2n) is 3.50. The molecule has 1 N–H and O–H groups in total. The van der Waals surface area contributed by atoms with E-state index in [2.05, 4.69) is 15.9 Å². The summed E-state index contributed by atoms with van der Waals surface area (Å²) in [5.74, 6) is -0.270. The molecule has 4 heteroatoms. The van der Waals surface area contributed by atoms with Gasteiger partial charge in [0.25, 0.3) is 0 Å². The number of halogens is 2. The van der Waals surface area contributed by atoms with E-state index in [1.807, 2.05) is 0 Å². The van der Waals surface area contributed by atoms with Gasteiger partial charge in [-0.1, -0.05) is 27.5 Å². The van der Waals surface area contributed by atoms with Crippen LogP contribution in [0.15, 0.2) is 46.9 Å². The van der Waals surface area contributed by atoms with E-state index in [1.165, 1.54) is 6.07 Å². The Morgan fingerprint density at radius 3 is 2.41 bits per heavy atom. The van der Waals surface area contributed by atoms with Crippen LogP contribution in [-0.4, -0.2) is 10.9 Å². The zero-order chi connectivity index (χ0) is 12.4. The van der Waals surface area contributed by atoms with Crippen molar-refractivity contribution in [2.24, 2.45) is 0 Å². The van der Waals surface area contributed by atoms with Crippen molar-refractivity contribution in [2.75, 3.05) is 0 Å². The van der Waals surface area contributed by atoms with Gasteiger partial charge in [-0.15, -0.1) is 0 Å². The first-order valence-corrected chi connectivity index (χ1v) is 6.04. The number of ketones is 1. The molecule has 0 aliphatic rings. The molecule has 0 aliphatic carbocycles. The number of rotatable bonds is 2. The molecule has 86 valence electrons. The Kier molecular flexibility index (Phi) is 3.50. The van der Waals surface area contributed by atoms with E-state index in [-0.39, 0.29) is 17.1 Å². The molecule has 0 atom stereocenters. The van der Waals surface area contributed by atoms with E-state index in [9.17, 15) is 9.90 Å². The third kappa shape index (κ3) is 2.68. The van der Waals surface area contributed by atoms with E-state index in [4.69, 9.17) is 11.6 Å². The quantitative estimate of drug-likeness (QED) is 0.850. The molecule has 0 saturated heterocycles. The van der Waals surface area contributed by atoms with Crippen LogP contribution in [-0.2, 0) is 0 Å². The number of phenolic OH excluding ortho intramolecular Hbond substituents is 1. The molecule has 0 aromatic heterocycles. The maximum atomic E-state index is 12.1. The third-order valence-electron chi connectivity index (χ3n) is 2.31. The zero-order valence-electron chi connectivity index (χ0n) is 8.65. The van der Waals surface area contributed by atoms with Gasteiger partial charge in [0, 0.05) is 15.1 Å². The van der Waals surface area contributed by atoms with Crippen LogP contribution >= 0.6 is 27.5 Å². The standard InChI is InChI=1S/C13H8BrClO2/c14-9-3-6-12(16)11(7-9)13(17)8-1-4-10(15)5-2-8/h1-7,16H. The van der Waals surface area contributed by atoms with E-state index < -0.39 is 0 Å². The largest absolute Gasteiger partial charge is 0.507 e. The first-order valence-electron chi connectivity index (χ1n) is 4.87. The highest BCUT2D eigenvalue weighted by Gasteiger charge is 2.13. The minimum atomic E-state index is -0.236. The topological polar surface area (TPSA) is 37.3 Å². The van der Waals surface area contributed by atoms with Crippen molar-refractivity contribution in [1.29, 1.82) is 0 Å². The van der Waals surface area contributed by atoms with Crippen molar-refractivity contribution in [2.45, 2.75) is 0 Å². The molecule has 2 rings (SSSR count). The Labute approximate surface area is 112 Å². The van der Waals surface area contributed by atoms with Crippen LogP contribution in [0.3, 0.4) is 0 Å². The summed E-state index contributed by atoms with van der Waals surface area (Å²) in [6.07, 6.45) is 0. The summed E-state index contributed by atoms with van der Waals surface area (Å²) in [6.45, 7) is 0. The molecule has 0 heterocycles. The number of hydrogen-bond acceptors (Lipinski definition) is 2. The number of carbonyl (C=O) groups is 1. The smallest absolute Gasteiger partial charge is 0.196 e. The molecular formula is C13H8BrClO2. The number of benzene rings is 2. The molecule has 0 spiro atoms. The lowest BCUT2D eigenvalue weighted by molar-refractivity contribution is 0.103. The summed E-state index contributed by atoms with van der Waals surface area (Å²) >= 11 is 9.02. The summed E-state index contributed by atoms with van der Waals surface area (Å²) in [5, 5.41) is 10.2. The van der Waals surface area contributed by atoms with Crippen LogP contribution in [0.4, 0.5) is 0 Å². The van der Waals surface area contributed by atoms with Crippen molar-refractivity contribution < 1.29 is 9.90 Å². The van der Waals surface area contributed by atoms with Gasteiger partial charge in [-0.3, -0.25) is 4.79 Å². The van der Waals surface area contributed by atoms with Crippen molar-refractivity contribution in [3.05, 3.63) is 63.1 Å². The van der Waals surface area contributed by atoms with Gasteiger partial charge in [0.15, 0.2) is 5.78 Å². The predicted octanol–water partition coefficient (Wildman–Crippen LogP) is 4.04. The first-order chi connectivity index (χ1) is 8.08. The number of carbonyl (C=O) groups excluding carboxylic acids is 1. The summed E-state index contributed by atoms with van der Waals surface area (Å²) in [6, 6.07) is 11.3. The number of hydrogen-bond donors (Lipinski definition) is 1. The lowest BCUT2D eigenvalue weighted by Crippen LogP contribution is -2.01. The fourth-order valence-electron chi connectivity index (χ4n) is 1.45. The second kappa shape index (κ2) is 4.90. The molecule has 0 fully saturated rings. The maximum absolute atomic E-state index is 12.1. The van der Waals surface area contributed by atoms with Crippen LogP contribution < -0.4 is 0 Å². The lowest BCUT2D eigenvalue weighted by atomic mass is 10.0. The minimum Gasteiger partial charge on any atom is -0.507 e. The summed E-state index contributed by atoms with van der Waals surface area (Å²) in [4.78, 5) is 12.1. The van der Waals surface area contributed by atoms with E-state index >= 15 is 0 Å². The summed E-state index contributed by atoms with van der Waals surface area (Å²) < 4.78 is 0.743. The Balaban J connectivity index is 2.43. The Morgan fingerprint density at radius 1 is 1.12 bits per heavy atom. The molecule has 17 heavy (non-hydrogen) atoms. The third-order valence-corrected chi connectivity index (χ3v) is 3.05. The van der Waals surface area contributed by atoms with Crippen LogP contribution in [0.25, 0.3) is 0 Å². The molecule has 0 aliphatic heterocycles. The zero-order valence-corrected chi connectivity index (χ0v) is 11.0. The number of phenols is 1. The molecule has 2 nitrogen and oxygen atoms in total. The Bertz CT molecular complexity index is 564. The Morgan fingerprint density at radius 2 is 1.76 bits per heavy atom. The van der Waals surface area contributed by atoms with Gasteiger partial charge in [-0.25, -0.2) is 0 Å². The molecule has 0 radical (unpaired) electrons. The molecule has 0 bridgehead atoms. The van der Waals surface area contributed by atoms with Gasteiger partial charge in [-0.05, 0) is 42.5 Å². The molecule has 0 unspecified atom stereocenters. The van der Waals surface area contributed by atoms with Gasteiger partial charge in [-0.2, -0.15) is 0 Å². The number of aromatic hydroxyl groups is 1. The minimum absolute atomic E-state index is 0.0341. The van der Waals surface area contributed by atoms with E-state index in [0.717, 1.165) is 4.47 Å². The Hall–Kier alpha value is -1.32. The highest BCUT2D eigenvalue weighted by atomic mass is 79.9. The van der Waals surface area contributed by atoms with Gasteiger partial charge in [0.1, 0.15) is 5.75 Å². The van der Waals surface area contributed by atoms with Crippen molar-refractivity contribution in [1.82, 2.24) is 0 Å². The monoisotopic (exact) mass is 310 g/mol. The molecular weight excluding hydrogens is 303 g/mol. The highest BCUT2D eigenvalue weighted by molar-refractivity contribution is 9.10. The van der Waals surface area contributed by atoms with Crippen LogP contribution in [0, 0.1) is 0 Å². The highest BCUT2D eigenvalue weighted by Crippen LogP contribution is 2.24. The fourth-order valence-corrected chi connectivity index (χ4v) is 1.93. The first kappa shape index (κ1) is 12.1. The average molecular weight is 312 g/mol. The van der Waals surface area contributed by atoms with Crippen LogP contribution in [0.5, 0.6) is 5.75 Å². The van der Waals surface area contributed by atoms with Crippen LogP contribution in [0.1, 0.15) is 15.9 Å². The van der Waals surface area contributed by atoms with E-state index in [1.54, 1.807) is 36.4 Å². The van der Waals surface area contributed by atoms with Crippen molar-refractivity contribution in [3.8, 4) is 5.75 Å². The van der Waals surface area contributed by atoms with Gasteiger partial charge in [0.2, 0.25) is 0 Å². The second-order valence-corrected chi connectivity index (χ2v) is 4.85. The molecule has 2 aromatic rings. The SMILES string of the molecule is O=C(c1ccc(Cl)cc1)c1cc(Br)ccc1O. The molecule has 2 aromatic carbocycles. The van der Waals surface area contributed by atoms with Gasteiger partial charge in [0.05, 0.1) is 5.56 Å². The summed E-state index contributed by atoms with van der Waals surface area (Å²) in [5.41, 5.74) is 0.754. The van der Waals surface area contributed by atoms with Gasteiger partial charge < -0.3 is 5.11 Å². The van der Waals surface area contributed by atoms with Crippen molar-refractivity contribution >= 4 is 33.3 Å². The average Bonchev–Trinajstić information content (AvgIpc) is 2.32. The maximum Gasteiger partial charge on any atom is 0.196 e. The van der Waals surface area contributed by atoms with Crippen molar-refractivity contribution in [3.63, 3.8) is 0 Å². The van der Waals surface area contributed by atoms with Gasteiger partial charge >= 0.3 is 0 Å². The lowest BCUT2D eigenvalue weighted by Gasteiger charge is -2.04. The summed E-state index contributed by atoms with van der Waals surface area (Å²) in [7, 11) is 0. The molecule has 0 saturated carbocycles. The normalized spacial score (nSPS) is 10.2. The fraction of sp³-hybridized carbons (Fsp3) is 0. The predicted molar refractivity (Wildman–Crippen MR) is 70.7 cm³/mol. The van der Waals surface area contributed by atoms with Crippen LogP contribution in [0.2, 0.25) is 5.02 Å².